The van der Waals surface area contributed by atoms with E-state index in [1.54, 1.807) is 18.2 Å². The van der Waals surface area contributed by atoms with E-state index in [-0.39, 0.29) is 11.6 Å². The van der Waals surface area contributed by atoms with E-state index >= 15 is 0 Å². The molecule has 7 nitrogen and oxygen atoms in total. The van der Waals surface area contributed by atoms with Crippen molar-refractivity contribution in [2.24, 2.45) is 0 Å². The zero-order chi connectivity index (χ0) is 26.2. The average Bonchev–Trinajstić information content (AvgIpc) is 3.71. The van der Waals surface area contributed by atoms with Crippen LogP contribution in [0.3, 0.4) is 0 Å². The number of hydrazine groups is 1. The van der Waals surface area contributed by atoms with Crippen molar-refractivity contribution in [1.29, 1.82) is 5.26 Å². The van der Waals surface area contributed by atoms with Crippen LogP contribution in [0.25, 0.3) is 33.8 Å². The number of carboxylic acid groups (broad SMARTS) is 1. The van der Waals surface area contributed by atoms with E-state index in [1.165, 1.54) is 11.3 Å². The molecular formula is C30H20N4O3S. The zero-order valence-corrected chi connectivity index (χ0v) is 20.8. The van der Waals surface area contributed by atoms with E-state index in [4.69, 9.17) is 4.42 Å². The van der Waals surface area contributed by atoms with E-state index in [0.29, 0.717) is 16.3 Å². The van der Waals surface area contributed by atoms with Crippen molar-refractivity contribution in [2.75, 3.05) is 5.01 Å². The van der Waals surface area contributed by atoms with Gasteiger partial charge in [-0.1, -0.05) is 30.8 Å². The normalized spacial score (nSPS) is 14.7. The van der Waals surface area contributed by atoms with Gasteiger partial charge >= 0.3 is 5.97 Å². The standard InChI is InChI=1S/C30H20N4O3S/c1-18(30(35)36)27-14-15-28(38-27)24-16-25(20-8-6-19(17-31)7-9-20)34(33-24)22-12-10-21(11-13-22)29-32-23-4-2-3-5-26(23)37-29/h2-16,25,33H,1H2,(H,35,36). The summed E-state index contributed by atoms with van der Waals surface area (Å²) < 4.78 is 5.92. The number of carbonyl (C=O) groups is 1. The minimum atomic E-state index is -1.04. The van der Waals surface area contributed by atoms with Gasteiger partial charge in [-0.25, -0.2) is 9.78 Å². The van der Waals surface area contributed by atoms with E-state index in [9.17, 15) is 15.2 Å². The molecule has 3 aromatic carbocycles. The van der Waals surface area contributed by atoms with Gasteiger partial charge in [0.1, 0.15) is 5.52 Å². The van der Waals surface area contributed by atoms with Gasteiger partial charge in [-0.2, -0.15) is 5.26 Å². The first-order valence-electron chi connectivity index (χ1n) is 11.8. The molecule has 1 atom stereocenters. The monoisotopic (exact) mass is 516 g/mol. The smallest absolute Gasteiger partial charge is 0.336 e. The summed E-state index contributed by atoms with van der Waals surface area (Å²) in [5.74, 6) is -0.484. The van der Waals surface area contributed by atoms with Gasteiger partial charge in [-0.3, -0.25) is 10.4 Å². The van der Waals surface area contributed by atoms with Gasteiger partial charge in [0.15, 0.2) is 5.58 Å². The topological polar surface area (TPSA) is 102 Å². The van der Waals surface area contributed by atoms with Crippen molar-refractivity contribution in [3.05, 3.63) is 118 Å². The van der Waals surface area contributed by atoms with Crippen LogP contribution in [0.4, 0.5) is 5.69 Å². The number of hydrogen-bond donors (Lipinski definition) is 2. The highest BCUT2D eigenvalue weighted by Gasteiger charge is 2.28. The Hall–Kier alpha value is -5.13. The maximum atomic E-state index is 11.4. The van der Waals surface area contributed by atoms with Crippen LogP contribution in [0.1, 0.15) is 26.9 Å². The Balaban J connectivity index is 1.34. The lowest BCUT2D eigenvalue weighted by molar-refractivity contribution is -0.130. The highest BCUT2D eigenvalue weighted by atomic mass is 32.1. The number of benzene rings is 3. The number of para-hydroxylation sites is 2. The maximum Gasteiger partial charge on any atom is 0.336 e. The van der Waals surface area contributed by atoms with E-state index < -0.39 is 5.97 Å². The van der Waals surface area contributed by atoms with E-state index in [1.807, 2.05) is 71.7 Å². The Labute approximate surface area is 222 Å². The summed E-state index contributed by atoms with van der Waals surface area (Å²) in [6.07, 6.45) is 2.09. The van der Waals surface area contributed by atoms with Crippen molar-refractivity contribution < 1.29 is 14.3 Å². The number of oxazole rings is 1. The van der Waals surface area contributed by atoms with Crippen LogP contribution in [-0.4, -0.2) is 16.1 Å². The SMILES string of the molecule is C=C(C(=O)O)c1ccc(C2=CC(c3ccc(C#N)cc3)N(c3ccc(-c4nc5ccccc5o4)cc3)N2)s1. The van der Waals surface area contributed by atoms with Crippen molar-refractivity contribution in [3.63, 3.8) is 0 Å². The summed E-state index contributed by atoms with van der Waals surface area (Å²) in [5.41, 5.74) is 9.33. The number of rotatable bonds is 6. The molecule has 1 unspecified atom stereocenters. The fourth-order valence-electron chi connectivity index (χ4n) is 4.34. The van der Waals surface area contributed by atoms with Crippen LogP contribution in [0.15, 0.2) is 102 Å². The number of carboxylic acids is 1. The molecular weight excluding hydrogens is 496 g/mol. The third-order valence-electron chi connectivity index (χ3n) is 6.34. The Morgan fingerprint density at radius 1 is 1.05 bits per heavy atom. The molecule has 0 spiro atoms. The second-order valence-electron chi connectivity index (χ2n) is 8.72. The fraction of sp³-hybridized carbons (Fsp3) is 0.0333. The molecule has 0 amide bonds. The quantitative estimate of drug-likeness (QED) is 0.244. The molecule has 0 saturated heterocycles. The molecule has 38 heavy (non-hydrogen) atoms. The molecule has 0 fully saturated rings. The molecule has 2 aromatic heterocycles. The molecule has 184 valence electrons. The Morgan fingerprint density at radius 2 is 1.82 bits per heavy atom. The minimum absolute atomic E-state index is 0.0649. The fourth-order valence-corrected chi connectivity index (χ4v) is 5.29. The molecule has 2 N–H and O–H groups in total. The number of thiophene rings is 1. The molecule has 3 heterocycles. The summed E-state index contributed by atoms with van der Waals surface area (Å²) in [6.45, 7) is 3.67. The largest absolute Gasteiger partial charge is 0.478 e. The highest BCUT2D eigenvalue weighted by Crippen LogP contribution is 2.38. The maximum absolute atomic E-state index is 11.4. The van der Waals surface area contributed by atoms with Crippen LogP contribution >= 0.6 is 11.3 Å². The van der Waals surface area contributed by atoms with E-state index in [2.05, 4.69) is 29.1 Å². The van der Waals surface area contributed by atoms with Gasteiger partial charge in [-0.05, 0) is 72.3 Å². The van der Waals surface area contributed by atoms with Gasteiger partial charge in [0, 0.05) is 10.4 Å². The summed E-state index contributed by atoms with van der Waals surface area (Å²) in [6, 6.07) is 28.7. The van der Waals surface area contributed by atoms with Gasteiger partial charge in [0.05, 0.1) is 39.5 Å². The van der Waals surface area contributed by atoms with Crippen LogP contribution < -0.4 is 10.4 Å². The lowest BCUT2D eigenvalue weighted by Gasteiger charge is -2.27. The Morgan fingerprint density at radius 3 is 2.53 bits per heavy atom. The zero-order valence-electron chi connectivity index (χ0n) is 20.0. The lowest BCUT2D eigenvalue weighted by atomic mass is 10.0. The number of aliphatic carboxylic acids is 1. The van der Waals surface area contributed by atoms with Gasteiger partial charge < -0.3 is 9.52 Å². The number of fused-ring (bicyclic) bond motifs is 1. The molecule has 1 aliphatic heterocycles. The second-order valence-corrected chi connectivity index (χ2v) is 9.81. The molecule has 0 saturated carbocycles. The van der Waals surface area contributed by atoms with Crippen LogP contribution in [0.2, 0.25) is 0 Å². The summed E-state index contributed by atoms with van der Waals surface area (Å²) in [4.78, 5) is 17.5. The molecule has 8 heteroatoms. The number of nitrogens with one attached hydrogen (secondary N) is 1. The first-order chi connectivity index (χ1) is 18.5. The molecule has 0 bridgehead atoms. The number of anilines is 1. The third kappa shape index (κ3) is 4.21. The Kier molecular flexibility index (Phi) is 5.75. The number of nitriles is 1. The average molecular weight is 517 g/mol. The van der Waals surface area contributed by atoms with E-state index in [0.717, 1.165) is 38.5 Å². The van der Waals surface area contributed by atoms with Crippen molar-refractivity contribution in [2.45, 2.75) is 6.04 Å². The number of aromatic nitrogens is 1. The molecule has 0 aliphatic carbocycles. The molecule has 1 aliphatic rings. The van der Waals surface area contributed by atoms with Crippen LogP contribution in [0.5, 0.6) is 0 Å². The highest BCUT2D eigenvalue weighted by molar-refractivity contribution is 7.14. The summed E-state index contributed by atoms with van der Waals surface area (Å²) >= 11 is 1.37. The first-order valence-corrected chi connectivity index (χ1v) is 12.6. The number of nitrogens with zero attached hydrogens (tertiary/aromatic N) is 3. The molecule has 0 radical (unpaired) electrons. The van der Waals surface area contributed by atoms with Gasteiger partial charge in [-0.15, -0.1) is 11.3 Å². The van der Waals surface area contributed by atoms with Gasteiger partial charge in [0.25, 0.3) is 0 Å². The summed E-state index contributed by atoms with van der Waals surface area (Å²) in [5, 5.41) is 20.6. The third-order valence-corrected chi connectivity index (χ3v) is 7.52. The van der Waals surface area contributed by atoms with Crippen molar-refractivity contribution in [1.82, 2.24) is 10.4 Å². The van der Waals surface area contributed by atoms with Crippen LogP contribution in [-0.2, 0) is 4.79 Å². The molecule has 6 rings (SSSR count). The van der Waals surface area contributed by atoms with Crippen LogP contribution in [0, 0.1) is 11.3 Å². The van der Waals surface area contributed by atoms with Crippen molar-refractivity contribution in [3.8, 4) is 17.5 Å². The second kappa shape index (κ2) is 9.39. The minimum Gasteiger partial charge on any atom is -0.478 e. The van der Waals surface area contributed by atoms with Crippen molar-refractivity contribution >= 4 is 45.4 Å². The number of hydrogen-bond acceptors (Lipinski definition) is 7. The predicted molar refractivity (Wildman–Crippen MR) is 148 cm³/mol. The molecule has 5 aromatic rings. The summed E-state index contributed by atoms with van der Waals surface area (Å²) in [7, 11) is 0. The lowest BCUT2D eigenvalue weighted by Crippen LogP contribution is -2.33. The van der Waals surface area contributed by atoms with Gasteiger partial charge in [0.2, 0.25) is 5.89 Å². The Bertz CT molecular complexity index is 1720. The predicted octanol–water partition coefficient (Wildman–Crippen LogP) is 6.63. The first kappa shape index (κ1) is 23.3.